The van der Waals surface area contributed by atoms with Crippen molar-refractivity contribution in [3.63, 3.8) is 0 Å². The molecule has 2 heteroatoms. The van der Waals surface area contributed by atoms with Crippen molar-refractivity contribution in [2.24, 2.45) is 23.7 Å². The lowest BCUT2D eigenvalue weighted by atomic mass is 9.69. The largest absolute Gasteiger partial charge is 0.396 e. The molecule has 0 amide bonds. The zero-order chi connectivity index (χ0) is 10.0. The molecule has 13 heavy (non-hydrogen) atoms. The van der Waals surface area contributed by atoms with Crippen LogP contribution in [0, 0.1) is 23.7 Å². The first-order valence-corrected chi connectivity index (χ1v) is 5.22. The van der Waals surface area contributed by atoms with Crippen LogP contribution in [0.1, 0.15) is 33.6 Å². The average molecular weight is 184 g/mol. The third kappa shape index (κ3) is 2.11. The van der Waals surface area contributed by atoms with Crippen LogP contribution < -0.4 is 0 Å². The highest BCUT2D eigenvalue weighted by molar-refractivity contribution is 5.84. The molecule has 1 aliphatic carbocycles. The summed E-state index contributed by atoms with van der Waals surface area (Å²) in [6.45, 7) is 6.28. The second kappa shape index (κ2) is 4.23. The minimum absolute atomic E-state index is 0.0337. The summed E-state index contributed by atoms with van der Waals surface area (Å²) in [5, 5.41) is 9.18. The molecule has 1 saturated carbocycles. The topological polar surface area (TPSA) is 37.3 Å². The standard InChI is InChI=1S/C11H20O2/c1-7(2)9-5-4-8(3)11(13)10(9)6-12/h7-10,12H,4-6H2,1-3H3/t8-,9-,10-/m1/s1. The van der Waals surface area contributed by atoms with Crippen molar-refractivity contribution >= 4 is 5.78 Å². The van der Waals surface area contributed by atoms with Gasteiger partial charge < -0.3 is 5.11 Å². The van der Waals surface area contributed by atoms with Crippen LogP contribution in [0.3, 0.4) is 0 Å². The Morgan fingerprint density at radius 3 is 2.54 bits per heavy atom. The minimum Gasteiger partial charge on any atom is -0.396 e. The van der Waals surface area contributed by atoms with E-state index in [2.05, 4.69) is 13.8 Å². The Morgan fingerprint density at radius 1 is 1.46 bits per heavy atom. The number of carbonyl (C=O) groups is 1. The second-order valence-electron chi connectivity index (χ2n) is 4.58. The lowest BCUT2D eigenvalue weighted by Crippen LogP contribution is -2.38. The number of aliphatic hydroxyl groups excluding tert-OH is 1. The van der Waals surface area contributed by atoms with Crippen molar-refractivity contribution in [1.82, 2.24) is 0 Å². The maximum Gasteiger partial charge on any atom is 0.141 e. The van der Waals surface area contributed by atoms with E-state index < -0.39 is 0 Å². The summed E-state index contributed by atoms with van der Waals surface area (Å²) in [6, 6.07) is 0. The van der Waals surface area contributed by atoms with E-state index in [9.17, 15) is 9.90 Å². The van der Waals surface area contributed by atoms with Gasteiger partial charge in [-0.25, -0.2) is 0 Å². The molecule has 0 unspecified atom stereocenters. The minimum atomic E-state index is -0.0938. The van der Waals surface area contributed by atoms with Gasteiger partial charge in [-0.05, 0) is 24.7 Å². The predicted molar refractivity (Wildman–Crippen MR) is 52.3 cm³/mol. The molecular formula is C11H20O2. The van der Waals surface area contributed by atoms with Crippen molar-refractivity contribution in [3.05, 3.63) is 0 Å². The van der Waals surface area contributed by atoms with Gasteiger partial charge in [-0.1, -0.05) is 20.8 Å². The lowest BCUT2D eigenvalue weighted by molar-refractivity contribution is -0.133. The van der Waals surface area contributed by atoms with Gasteiger partial charge in [-0.3, -0.25) is 4.79 Å². The van der Waals surface area contributed by atoms with Gasteiger partial charge in [0.1, 0.15) is 5.78 Å². The Hall–Kier alpha value is -0.370. The number of aliphatic hydroxyl groups is 1. The summed E-state index contributed by atoms with van der Waals surface area (Å²) in [5.74, 6) is 1.24. The molecule has 0 aliphatic heterocycles. The molecule has 2 nitrogen and oxygen atoms in total. The molecule has 0 radical (unpaired) electrons. The van der Waals surface area contributed by atoms with Gasteiger partial charge in [0.2, 0.25) is 0 Å². The van der Waals surface area contributed by atoms with Gasteiger partial charge in [-0.15, -0.1) is 0 Å². The highest BCUT2D eigenvalue weighted by Gasteiger charge is 2.36. The van der Waals surface area contributed by atoms with E-state index in [-0.39, 0.29) is 24.2 Å². The van der Waals surface area contributed by atoms with E-state index in [1.54, 1.807) is 0 Å². The van der Waals surface area contributed by atoms with Crippen LogP contribution in [0.25, 0.3) is 0 Å². The predicted octanol–water partition coefficient (Wildman–Crippen LogP) is 1.87. The molecule has 1 rings (SSSR count). The Balaban J connectivity index is 2.72. The summed E-state index contributed by atoms with van der Waals surface area (Å²) in [4.78, 5) is 11.7. The maximum atomic E-state index is 11.7. The smallest absolute Gasteiger partial charge is 0.141 e. The molecule has 0 aromatic carbocycles. The molecular weight excluding hydrogens is 164 g/mol. The Morgan fingerprint density at radius 2 is 2.08 bits per heavy atom. The molecule has 0 saturated heterocycles. The summed E-state index contributed by atoms with van der Waals surface area (Å²) >= 11 is 0. The monoisotopic (exact) mass is 184 g/mol. The highest BCUT2D eigenvalue weighted by Crippen LogP contribution is 2.35. The van der Waals surface area contributed by atoms with E-state index >= 15 is 0 Å². The Bertz CT molecular complexity index is 187. The summed E-state index contributed by atoms with van der Waals surface area (Å²) < 4.78 is 0. The first-order chi connectivity index (χ1) is 6.07. The third-order valence-corrected chi connectivity index (χ3v) is 3.35. The fraction of sp³-hybridized carbons (Fsp3) is 0.909. The SMILES string of the molecule is CC(C)[C@H]1CC[C@@H](C)C(=O)[C@@H]1CO. The van der Waals surface area contributed by atoms with Crippen LogP contribution in [0.15, 0.2) is 0 Å². The second-order valence-corrected chi connectivity index (χ2v) is 4.58. The van der Waals surface area contributed by atoms with Gasteiger partial charge in [0.25, 0.3) is 0 Å². The number of hydrogen-bond acceptors (Lipinski definition) is 2. The molecule has 1 fully saturated rings. The van der Waals surface area contributed by atoms with Crippen molar-refractivity contribution in [2.75, 3.05) is 6.61 Å². The first kappa shape index (κ1) is 10.7. The number of rotatable bonds is 2. The Labute approximate surface area is 80.3 Å². The summed E-state index contributed by atoms with van der Waals surface area (Å²) in [7, 11) is 0. The lowest BCUT2D eigenvalue weighted by Gasteiger charge is -2.34. The molecule has 76 valence electrons. The van der Waals surface area contributed by atoms with Crippen LogP contribution in [0.4, 0.5) is 0 Å². The van der Waals surface area contributed by atoms with E-state index in [1.807, 2.05) is 6.92 Å². The third-order valence-electron chi connectivity index (χ3n) is 3.35. The van der Waals surface area contributed by atoms with Crippen molar-refractivity contribution < 1.29 is 9.90 Å². The molecule has 0 aromatic heterocycles. The summed E-state index contributed by atoms with van der Waals surface area (Å²) in [5.41, 5.74) is 0. The van der Waals surface area contributed by atoms with E-state index in [0.717, 1.165) is 12.8 Å². The quantitative estimate of drug-likeness (QED) is 0.711. The normalized spacial score (nSPS) is 35.5. The number of carbonyl (C=O) groups excluding carboxylic acids is 1. The van der Waals surface area contributed by atoms with Crippen molar-refractivity contribution in [1.29, 1.82) is 0 Å². The summed E-state index contributed by atoms with van der Waals surface area (Å²) in [6.07, 6.45) is 2.09. The van der Waals surface area contributed by atoms with Crippen LogP contribution in [-0.2, 0) is 4.79 Å². The first-order valence-electron chi connectivity index (χ1n) is 5.22. The van der Waals surface area contributed by atoms with Crippen molar-refractivity contribution in [2.45, 2.75) is 33.6 Å². The van der Waals surface area contributed by atoms with Gasteiger partial charge in [0.05, 0.1) is 6.61 Å². The van der Waals surface area contributed by atoms with Crippen LogP contribution >= 0.6 is 0 Å². The molecule has 3 atom stereocenters. The van der Waals surface area contributed by atoms with E-state index in [1.165, 1.54) is 0 Å². The van der Waals surface area contributed by atoms with Gasteiger partial charge in [0.15, 0.2) is 0 Å². The van der Waals surface area contributed by atoms with Gasteiger partial charge >= 0.3 is 0 Å². The average Bonchev–Trinajstić information content (AvgIpc) is 2.09. The van der Waals surface area contributed by atoms with E-state index in [4.69, 9.17) is 0 Å². The number of hydrogen-bond donors (Lipinski definition) is 1. The zero-order valence-electron chi connectivity index (χ0n) is 8.79. The van der Waals surface area contributed by atoms with Gasteiger partial charge in [0, 0.05) is 11.8 Å². The number of Topliss-reactive ketones (excluding diaryl/α,β-unsaturated/α-hetero) is 1. The van der Waals surface area contributed by atoms with Crippen LogP contribution in [0.2, 0.25) is 0 Å². The van der Waals surface area contributed by atoms with Crippen molar-refractivity contribution in [3.8, 4) is 0 Å². The molecule has 0 bridgehead atoms. The molecule has 0 aromatic rings. The van der Waals surface area contributed by atoms with Gasteiger partial charge in [-0.2, -0.15) is 0 Å². The van der Waals surface area contributed by atoms with E-state index in [0.29, 0.717) is 11.8 Å². The Kier molecular flexibility index (Phi) is 3.48. The highest BCUT2D eigenvalue weighted by atomic mass is 16.3. The molecule has 1 N–H and O–H groups in total. The zero-order valence-corrected chi connectivity index (χ0v) is 8.79. The molecule has 0 spiro atoms. The molecule has 1 aliphatic rings. The number of ketones is 1. The van der Waals surface area contributed by atoms with Crippen LogP contribution in [-0.4, -0.2) is 17.5 Å². The van der Waals surface area contributed by atoms with Crippen LogP contribution in [0.5, 0.6) is 0 Å². The maximum absolute atomic E-state index is 11.7. The fourth-order valence-corrected chi connectivity index (χ4v) is 2.39. The molecule has 0 heterocycles. The fourth-order valence-electron chi connectivity index (χ4n) is 2.39.